The van der Waals surface area contributed by atoms with Crippen LogP contribution in [0.2, 0.25) is 0 Å². The highest BCUT2D eigenvalue weighted by molar-refractivity contribution is 5.96. The molecular formula is C16H20N4O3. The lowest BCUT2D eigenvalue weighted by Gasteiger charge is -2.26. The largest absolute Gasteiger partial charge is 0.376 e. The first-order valence-corrected chi connectivity index (χ1v) is 8.21. The number of fused-ring (bicyclic) bond motifs is 2. The van der Waals surface area contributed by atoms with E-state index in [0.717, 1.165) is 38.0 Å². The molecule has 2 aromatic rings. The molecule has 7 heteroatoms. The summed E-state index contributed by atoms with van der Waals surface area (Å²) in [6.45, 7) is 3.61. The van der Waals surface area contributed by atoms with Gasteiger partial charge in [0, 0.05) is 24.9 Å². The molecule has 1 atom stereocenters. The number of hydrogen-bond acceptors (Lipinski definition) is 4. The number of amides is 1. The van der Waals surface area contributed by atoms with Crippen molar-refractivity contribution in [2.24, 2.45) is 0 Å². The molecule has 4 rings (SSSR count). The number of H-pyrrole nitrogens is 1. The molecule has 23 heavy (non-hydrogen) atoms. The second kappa shape index (κ2) is 5.49. The van der Waals surface area contributed by atoms with Gasteiger partial charge in [0.25, 0.3) is 11.5 Å². The van der Waals surface area contributed by atoms with Gasteiger partial charge in [-0.15, -0.1) is 0 Å². The fraction of sp³-hybridized carbons (Fsp3) is 0.562. The highest BCUT2D eigenvalue weighted by atomic mass is 16.5. The van der Waals surface area contributed by atoms with Crippen molar-refractivity contribution in [1.82, 2.24) is 19.5 Å². The molecule has 1 amide bonds. The van der Waals surface area contributed by atoms with Crippen LogP contribution in [0.4, 0.5) is 0 Å². The molecule has 2 aliphatic heterocycles. The van der Waals surface area contributed by atoms with E-state index < -0.39 is 0 Å². The number of hydrogen-bond donors (Lipinski definition) is 1. The van der Waals surface area contributed by atoms with Crippen LogP contribution < -0.4 is 5.56 Å². The second-order valence-electron chi connectivity index (χ2n) is 6.25. The third-order valence-corrected chi connectivity index (χ3v) is 4.68. The van der Waals surface area contributed by atoms with Crippen LogP contribution in [0.5, 0.6) is 0 Å². The van der Waals surface area contributed by atoms with Gasteiger partial charge in [-0.2, -0.15) is 0 Å². The van der Waals surface area contributed by atoms with Crippen molar-refractivity contribution >= 4 is 11.6 Å². The Hall–Kier alpha value is -2.15. The van der Waals surface area contributed by atoms with E-state index in [1.54, 1.807) is 4.90 Å². The fourth-order valence-corrected chi connectivity index (χ4v) is 3.37. The Kier molecular flexibility index (Phi) is 3.45. The lowest BCUT2D eigenvalue weighted by atomic mass is 10.1. The Labute approximate surface area is 133 Å². The van der Waals surface area contributed by atoms with Gasteiger partial charge in [-0.3, -0.25) is 14.7 Å². The Morgan fingerprint density at radius 3 is 3.00 bits per heavy atom. The van der Waals surface area contributed by atoms with Crippen molar-refractivity contribution in [3.63, 3.8) is 0 Å². The number of ether oxygens (including phenoxy) is 1. The number of carbonyl (C=O) groups excluding carboxylic acids is 1. The van der Waals surface area contributed by atoms with Gasteiger partial charge < -0.3 is 9.64 Å². The summed E-state index contributed by atoms with van der Waals surface area (Å²) in [4.78, 5) is 31.3. The van der Waals surface area contributed by atoms with E-state index in [4.69, 9.17) is 4.74 Å². The molecule has 0 aromatic carbocycles. The number of aromatic amines is 1. The molecule has 1 N–H and O–H groups in total. The monoisotopic (exact) mass is 316 g/mol. The average molecular weight is 316 g/mol. The highest BCUT2D eigenvalue weighted by Gasteiger charge is 2.34. The van der Waals surface area contributed by atoms with Gasteiger partial charge in [0.05, 0.1) is 18.2 Å². The number of aryl methyl sites for hydroxylation is 1. The Morgan fingerprint density at radius 1 is 1.39 bits per heavy atom. The summed E-state index contributed by atoms with van der Waals surface area (Å²) in [5.74, 6) is -0.159. The standard InChI is InChI=1S/C16H20N4O3/c1-2-10-7-13-17-14-12(15(21)20(13)18-10)9-19(16(14)22)8-11-5-3-4-6-23-11/h7,11,18H,2-6,8-9H2,1H3. The summed E-state index contributed by atoms with van der Waals surface area (Å²) >= 11 is 0. The van der Waals surface area contributed by atoms with Gasteiger partial charge in [-0.05, 0) is 25.7 Å². The third kappa shape index (κ3) is 2.35. The predicted octanol–water partition coefficient (Wildman–Crippen LogP) is 1.11. The van der Waals surface area contributed by atoms with Crippen LogP contribution in [-0.4, -0.2) is 44.7 Å². The summed E-state index contributed by atoms with van der Waals surface area (Å²) in [5.41, 5.74) is 2.04. The third-order valence-electron chi connectivity index (χ3n) is 4.68. The molecule has 2 aliphatic rings. The van der Waals surface area contributed by atoms with Crippen LogP contribution in [0.15, 0.2) is 10.9 Å². The van der Waals surface area contributed by atoms with Crippen molar-refractivity contribution in [2.75, 3.05) is 13.2 Å². The van der Waals surface area contributed by atoms with E-state index in [1.807, 2.05) is 13.0 Å². The maximum Gasteiger partial charge on any atom is 0.278 e. The van der Waals surface area contributed by atoms with Crippen LogP contribution in [0, 0.1) is 0 Å². The maximum atomic E-state index is 12.6. The van der Waals surface area contributed by atoms with Crippen molar-refractivity contribution < 1.29 is 9.53 Å². The molecule has 0 aliphatic carbocycles. The minimum Gasteiger partial charge on any atom is -0.376 e. The molecular weight excluding hydrogens is 296 g/mol. The lowest BCUT2D eigenvalue weighted by molar-refractivity contribution is -0.00358. The van der Waals surface area contributed by atoms with Crippen LogP contribution in [0.3, 0.4) is 0 Å². The molecule has 0 radical (unpaired) electrons. The molecule has 0 saturated carbocycles. The zero-order valence-corrected chi connectivity index (χ0v) is 13.2. The van der Waals surface area contributed by atoms with Crippen LogP contribution >= 0.6 is 0 Å². The van der Waals surface area contributed by atoms with Crippen LogP contribution in [-0.2, 0) is 17.7 Å². The van der Waals surface area contributed by atoms with Crippen molar-refractivity contribution in [3.05, 3.63) is 33.4 Å². The molecule has 1 fully saturated rings. The molecule has 2 aromatic heterocycles. The lowest BCUT2D eigenvalue weighted by Crippen LogP contribution is -2.36. The zero-order valence-electron chi connectivity index (χ0n) is 13.2. The molecule has 0 bridgehead atoms. The van der Waals surface area contributed by atoms with Crippen molar-refractivity contribution in [1.29, 1.82) is 0 Å². The average Bonchev–Trinajstić information content (AvgIpc) is 3.12. The molecule has 122 valence electrons. The second-order valence-corrected chi connectivity index (χ2v) is 6.25. The van der Waals surface area contributed by atoms with Crippen molar-refractivity contribution in [3.8, 4) is 0 Å². The summed E-state index contributed by atoms with van der Waals surface area (Å²) in [6.07, 6.45) is 4.03. The first-order chi connectivity index (χ1) is 11.2. The van der Waals surface area contributed by atoms with Crippen LogP contribution in [0.25, 0.3) is 5.65 Å². The first kappa shape index (κ1) is 14.4. The van der Waals surface area contributed by atoms with E-state index >= 15 is 0 Å². The summed E-state index contributed by atoms with van der Waals surface area (Å²) in [7, 11) is 0. The molecule has 1 unspecified atom stereocenters. The molecule has 4 heterocycles. The van der Waals surface area contributed by atoms with E-state index in [9.17, 15) is 9.59 Å². The molecule has 1 saturated heterocycles. The number of rotatable bonds is 3. The van der Waals surface area contributed by atoms with E-state index in [0.29, 0.717) is 30.0 Å². The van der Waals surface area contributed by atoms with Gasteiger partial charge in [0.15, 0.2) is 5.65 Å². The van der Waals surface area contributed by atoms with Gasteiger partial charge >= 0.3 is 0 Å². The van der Waals surface area contributed by atoms with E-state index in [2.05, 4.69) is 10.1 Å². The molecule has 7 nitrogen and oxygen atoms in total. The first-order valence-electron chi connectivity index (χ1n) is 8.21. The normalized spacial score (nSPS) is 21.2. The smallest absolute Gasteiger partial charge is 0.278 e. The minimum atomic E-state index is -0.176. The summed E-state index contributed by atoms with van der Waals surface area (Å²) in [6, 6.07) is 1.82. The Morgan fingerprint density at radius 2 is 2.26 bits per heavy atom. The number of nitrogens with zero attached hydrogens (tertiary/aromatic N) is 3. The van der Waals surface area contributed by atoms with E-state index in [-0.39, 0.29) is 17.6 Å². The Bertz CT molecular complexity index is 817. The van der Waals surface area contributed by atoms with Gasteiger partial charge in [0.2, 0.25) is 0 Å². The zero-order chi connectivity index (χ0) is 16.0. The maximum absolute atomic E-state index is 12.6. The van der Waals surface area contributed by atoms with E-state index in [1.165, 1.54) is 4.52 Å². The molecule has 0 spiro atoms. The van der Waals surface area contributed by atoms with Crippen LogP contribution in [0.1, 0.15) is 47.9 Å². The highest BCUT2D eigenvalue weighted by Crippen LogP contribution is 2.22. The predicted molar refractivity (Wildman–Crippen MR) is 83.5 cm³/mol. The number of nitrogens with one attached hydrogen (secondary N) is 1. The van der Waals surface area contributed by atoms with Crippen molar-refractivity contribution in [2.45, 2.75) is 45.3 Å². The fourth-order valence-electron chi connectivity index (χ4n) is 3.37. The quantitative estimate of drug-likeness (QED) is 0.920. The summed E-state index contributed by atoms with van der Waals surface area (Å²) in [5, 5.41) is 3.04. The topological polar surface area (TPSA) is 79.7 Å². The van der Waals surface area contributed by atoms with Gasteiger partial charge in [0.1, 0.15) is 5.69 Å². The SMILES string of the molecule is CCc1cc2nc3c(c(=O)n2[nH]1)CN(CC1CCCCO1)C3=O. The van der Waals surface area contributed by atoms with Gasteiger partial charge in [-0.1, -0.05) is 6.92 Å². The Balaban J connectivity index is 1.65. The summed E-state index contributed by atoms with van der Waals surface area (Å²) < 4.78 is 7.14. The number of aromatic nitrogens is 3. The van der Waals surface area contributed by atoms with Gasteiger partial charge in [-0.25, -0.2) is 9.50 Å². The minimum absolute atomic E-state index is 0.0707. The number of carbonyl (C=O) groups is 1.